The van der Waals surface area contributed by atoms with Crippen molar-refractivity contribution in [3.05, 3.63) is 30.6 Å². The fraction of sp³-hybridized carbons (Fsp3) is 0.579. The van der Waals surface area contributed by atoms with Crippen LogP contribution < -0.4 is 10.6 Å². The summed E-state index contributed by atoms with van der Waals surface area (Å²) in [6, 6.07) is 1.62. The average molecular weight is 352 g/mol. The van der Waals surface area contributed by atoms with E-state index in [0.29, 0.717) is 11.6 Å². The molecule has 2 amide bonds. The Bertz CT molecular complexity index is 809. The lowest BCUT2D eigenvalue weighted by molar-refractivity contribution is -0.0127. The summed E-state index contributed by atoms with van der Waals surface area (Å²) in [6.07, 6.45) is 12.5. The Morgan fingerprint density at radius 3 is 2.42 bits per heavy atom. The quantitative estimate of drug-likeness (QED) is 0.889. The number of urea groups is 1. The zero-order valence-corrected chi connectivity index (χ0v) is 15.0. The van der Waals surface area contributed by atoms with Crippen molar-refractivity contribution in [2.75, 3.05) is 5.32 Å². The van der Waals surface area contributed by atoms with Gasteiger partial charge in [-0.1, -0.05) is 0 Å². The van der Waals surface area contributed by atoms with Crippen LogP contribution in [0.15, 0.2) is 24.8 Å². The van der Waals surface area contributed by atoms with Crippen LogP contribution in [0.3, 0.4) is 0 Å². The summed E-state index contributed by atoms with van der Waals surface area (Å²) in [5.74, 6) is 4.45. The Morgan fingerprint density at radius 1 is 1.12 bits per heavy atom. The second-order valence-electron chi connectivity index (χ2n) is 8.38. The third-order valence-corrected chi connectivity index (χ3v) is 6.38. The second kappa shape index (κ2) is 5.79. The average Bonchev–Trinajstić information content (AvgIpc) is 2.99. The maximum absolute atomic E-state index is 12.7. The van der Waals surface area contributed by atoms with Crippen LogP contribution in [-0.4, -0.2) is 31.1 Å². The molecule has 2 aromatic rings. The van der Waals surface area contributed by atoms with Crippen molar-refractivity contribution in [1.29, 1.82) is 0 Å². The fourth-order valence-corrected chi connectivity index (χ4v) is 5.82. The van der Waals surface area contributed by atoms with Crippen molar-refractivity contribution in [2.24, 2.45) is 17.8 Å². The summed E-state index contributed by atoms with van der Waals surface area (Å²) >= 11 is 0. The second-order valence-corrected chi connectivity index (χ2v) is 8.38. The maximum Gasteiger partial charge on any atom is 0.320 e. The van der Waals surface area contributed by atoms with Crippen molar-refractivity contribution >= 4 is 11.8 Å². The Morgan fingerprint density at radius 2 is 1.81 bits per heavy atom. The number of aromatic nitrogens is 4. The molecule has 0 spiro atoms. The van der Waals surface area contributed by atoms with Crippen LogP contribution in [0.5, 0.6) is 0 Å². The van der Waals surface area contributed by atoms with Crippen molar-refractivity contribution in [3.63, 3.8) is 0 Å². The molecule has 2 N–H and O–H groups in total. The molecule has 2 aromatic heterocycles. The fourth-order valence-electron chi connectivity index (χ4n) is 5.82. The minimum Gasteiger partial charge on any atom is -0.332 e. The topological polar surface area (TPSA) is 84.7 Å². The number of rotatable bonds is 3. The standard InChI is InChI=1S/C19H24N6O/c1-12-20-2-3-25(12)17-7-16(21-11-22-17)23-18(26)24-19-8-13-4-14(9-19)6-15(5-13)10-19/h2-3,7,11,13-15H,4-6,8-10H2,1H3,(H2,21,22,23,24,26). The van der Waals surface area contributed by atoms with Gasteiger partial charge in [-0.25, -0.2) is 19.7 Å². The smallest absolute Gasteiger partial charge is 0.320 e. The highest BCUT2D eigenvalue weighted by Gasteiger charge is 2.51. The number of nitrogens with zero attached hydrogens (tertiary/aromatic N) is 4. The predicted molar refractivity (Wildman–Crippen MR) is 96.9 cm³/mol. The van der Waals surface area contributed by atoms with E-state index in [-0.39, 0.29) is 11.6 Å². The molecular weight excluding hydrogens is 328 g/mol. The number of hydrogen-bond acceptors (Lipinski definition) is 4. The van der Waals surface area contributed by atoms with Gasteiger partial charge < -0.3 is 5.32 Å². The van der Waals surface area contributed by atoms with E-state index < -0.39 is 0 Å². The van der Waals surface area contributed by atoms with Crippen LogP contribution in [0.4, 0.5) is 10.6 Å². The summed E-state index contributed by atoms with van der Waals surface area (Å²) in [7, 11) is 0. The van der Waals surface area contributed by atoms with Crippen LogP contribution in [0, 0.1) is 24.7 Å². The number of carbonyl (C=O) groups is 1. The zero-order valence-electron chi connectivity index (χ0n) is 15.0. The highest BCUT2D eigenvalue weighted by molar-refractivity contribution is 5.89. The van der Waals surface area contributed by atoms with Gasteiger partial charge in [0.15, 0.2) is 0 Å². The van der Waals surface area contributed by atoms with E-state index in [1.54, 1.807) is 12.3 Å². The van der Waals surface area contributed by atoms with E-state index in [1.807, 2.05) is 17.7 Å². The number of amides is 2. The number of imidazole rings is 1. The van der Waals surface area contributed by atoms with E-state index in [2.05, 4.69) is 25.6 Å². The SMILES string of the molecule is Cc1nccn1-c1cc(NC(=O)NC23CC4CC(CC(C4)C2)C3)ncn1. The van der Waals surface area contributed by atoms with E-state index in [9.17, 15) is 4.79 Å². The highest BCUT2D eigenvalue weighted by atomic mass is 16.2. The largest absolute Gasteiger partial charge is 0.332 e. The zero-order chi connectivity index (χ0) is 17.7. The lowest BCUT2D eigenvalue weighted by Crippen LogP contribution is -2.60. The minimum atomic E-state index is -0.154. The van der Waals surface area contributed by atoms with E-state index in [4.69, 9.17) is 0 Å². The third kappa shape index (κ3) is 2.75. The van der Waals surface area contributed by atoms with Crippen LogP contribution in [0.1, 0.15) is 44.3 Å². The van der Waals surface area contributed by atoms with Crippen molar-refractivity contribution < 1.29 is 4.79 Å². The summed E-state index contributed by atoms with van der Waals surface area (Å²) < 4.78 is 1.86. The molecule has 4 aliphatic carbocycles. The molecule has 4 bridgehead atoms. The molecule has 136 valence electrons. The van der Waals surface area contributed by atoms with Crippen molar-refractivity contribution in [1.82, 2.24) is 24.8 Å². The summed E-state index contributed by atoms with van der Waals surface area (Å²) in [4.78, 5) is 25.3. The lowest BCUT2D eigenvalue weighted by atomic mass is 9.53. The molecule has 4 saturated carbocycles. The van der Waals surface area contributed by atoms with Gasteiger partial charge in [-0.3, -0.25) is 9.88 Å². The maximum atomic E-state index is 12.7. The molecular formula is C19H24N6O. The minimum absolute atomic E-state index is 0.00434. The molecule has 0 saturated heterocycles. The van der Waals surface area contributed by atoms with Gasteiger partial charge in [0, 0.05) is 24.0 Å². The molecule has 6 rings (SSSR count). The number of aryl methyl sites for hydroxylation is 1. The first-order valence-corrected chi connectivity index (χ1v) is 9.50. The van der Waals surface area contributed by atoms with Gasteiger partial charge in [-0.15, -0.1) is 0 Å². The Kier molecular flexibility index (Phi) is 3.52. The van der Waals surface area contributed by atoms with E-state index in [0.717, 1.165) is 42.8 Å². The van der Waals surface area contributed by atoms with Crippen LogP contribution >= 0.6 is 0 Å². The van der Waals surface area contributed by atoms with Crippen molar-refractivity contribution in [2.45, 2.75) is 51.0 Å². The van der Waals surface area contributed by atoms with Crippen LogP contribution in [-0.2, 0) is 0 Å². The molecule has 7 nitrogen and oxygen atoms in total. The summed E-state index contributed by atoms with van der Waals surface area (Å²) in [6.45, 7) is 1.91. The van der Waals surface area contributed by atoms with Crippen LogP contribution in [0.2, 0.25) is 0 Å². The predicted octanol–water partition coefficient (Wildman–Crippen LogP) is 3.06. The first-order valence-electron chi connectivity index (χ1n) is 9.50. The Balaban J connectivity index is 1.30. The molecule has 0 atom stereocenters. The van der Waals surface area contributed by atoms with Gasteiger partial charge in [0.05, 0.1) is 0 Å². The van der Waals surface area contributed by atoms with Crippen molar-refractivity contribution in [3.8, 4) is 5.82 Å². The van der Waals surface area contributed by atoms with Gasteiger partial charge in [-0.2, -0.15) is 0 Å². The highest BCUT2D eigenvalue weighted by Crippen LogP contribution is 2.55. The first kappa shape index (κ1) is 15.8. The number of anilines is 1. The normalized spacial score (nSPS) is 31.8. The molecule has 4 fully saturated rings. The van der Waals surface area contributed by atoms with E-state index in [1.165, 1.54) is 25.6 Å². The third-order valence-electron chi connectivity index (χ3n) is 6.38. The van der Waals surface area contributed by atoms with Gasteiger partial charge in [-0.05, 0) is 63.2 Å². The lowest BCUT2D eigenvalue weighted by Gasteiger charge is -2.56. The molecule has 7 heteroatoms. The summed E-state index contributed by atoms with van der Waals surface area (Å²) in [5, 5.41) is 6.21. The van der Waals surface area contributed by atoms with Crippen LogP contribution in [0.25, 0.3) is 5.82 Å². The van der Waals surface area contributed by atoms with E-state index >= 15 is 0 Å². The molecule has 0 aromatic carbocycles. The molecule has 0 radical (unpaired) electrons. The van der Waals surface area contributed by atoms with Gasteiger partial charge in [0.2, 0.25) is 0 Å². The number of nitrogens with one attached hydrogen (secondary N) is 2. The molecule has 4 aliphatic rings. The Hall–Kier alpha value is -2.44. The number of hydrogen-bond donors (Lipinski definition) is 2. The van der Waals surface area contributed by atoms with Gasteiger partial charge in [0.25, 0.3) is 0 Å². The molecule has 2 heterocycles. The molecule has 0 unspecified atom stereocenters. The van der Waals surface area contributed by atoms with Gasteiger partial charge >= 0.3 is 6.03 Å². The number of carbonyl (C=O) groups excluding carboxylic acids is 1. The Labute approximate surface area is 152 Å². The first-order chi connectivity index (χ1) is 12.6. The molecule has 26 heavy (non-hydrogen) atoms. The van der Waals surface area contributed by atoms with Gasteiger partial charge in [0.1, 0.15) is 23.8 Å². The summed E-state index contributed by atoms with van der Waals surface area (Å²) in [5.41, 5.74) is -0.00434. The molecule has 0 aliphatic heterocycles. The monoisotopic (exact) mass is 352 g/mol.